The van der Waals surface area contributed by atoms with Crippen LogP contribution in [0.4, 0.5) is 17.4 Å². The minimum absolute atomic E-state index is 0.0345. The van der Waals surface area contributed by atoms with Gasteiger partial charge in [-0.05, 0) is 12.1 Å². The first-order valence-corrected chi connectivity index (χ1v) is 7.35. The zero-order valence-corrected chi connectivity index (χ0v) is 12.5. The Kier molecular flexibility index (Phi) is 4.79. The summed E-state index contributed by atoms with van der Waals surface area (Å²) >= 11 is 0. The number of hydrogen-bond donors (Lipinski definition) is 1. The van der Waals surface area contributed by atoms with Crippen LogP contribution in [0.5, 0.6) is 0 Å². The molecule has 2 heterocycles. The molecule has 9 nitrogen and oxygen atoms in total. The number of rotatable bonds is 6. The number of morpholine rings is 1. The van der Waals surface area contributed by atoms with Gasteiger partial charge in [-0.25, -0.2) is 0 Å². The van der Waals surface area contributed by atoms with Gasteiger partial charge in [-0.2, -0.15) is 0 Å². The van der Waals surface area contributed by atoms with Gasteiger partial charge in [-0.1, -0.05) is 5.10 Å². The normalized spacial score (nSPS) is 15.5. The number of nitro benzene ring substituents is 1. The van der Waals surface area contributed by atoms with Crippen molar-refractivity contribution in [3.63, 3.8) is 0 Å². The molecule has 1 aromatic carbocycles. The lowest BCUT2D eigenvalue weighted by molar-refractivity contribution is -0.384. The molecule has 1 aliphatic rings. The number of anilines is 2. The van der Waals surface area contributed by atoms with Crippen molar-refractivity contribution >= 4 is 17.4 Å². The maximum Gasteiger partial charge on any atom is 0.320 e. The summed E-state index contributed by atoms with van der Waals surface area (Å²) in [4.78, 5) is 12.5. The highest BCUT2D eigenvalue weighted by Gasteiger charge is 2.13. The third kappa shape index (κ3) is 4.24. The Morgan fingerprint density at radius 2 is 1.96 bits per heavy atom. The van der Waals surface area contributed by atoms with E-state index in [1.807, 2.05) is 0 Å². The van der Waals surface area contributed by atoms with Crippen molar-refractivity contribution < 1.29 is 14.1 Å². The molecule has 1 N–H and O–H groups in total. The molecule has 0 saturated carbocycles. The van der Waals surface area contributed by atoms with Crippen LogP contribution in [0, 0.1) is 10.1 Å². The molecule has 0 spiro atoms. The molecule has 0 radical (unpaired) electrons. The monoisotopic (exact) mass is 319 g/mol. The standard InChI is InChI=1S/C14H17N5O4/c20-19(21)12-3-1-11(2-4-12)15-14-17-16-13(23-14)5-6-18-7-9-22-10-8-18/h1-4H,5-10H2,(H,15,17). The van der Waals surface area contributed by atoms with Crippen LogP contribution in [-0.4, -0.2) is 52.9 Å². The van der Waals surface area contributed by atoms with Crippen molar-refractivity contribution in [3.05, 3.63) is 40.3 Å². The highest BCUT2D eigenvalue weighted by Crippen LogP contribution is 2.19. The minimum Gasteiger partial charge on any atom is -0.408 e. The topological polar surface area (TPSA) is 107 Å². The van der Waals surface area contributed by atoms with E-state index >= 15 is 0 Å². The Morgan fingerprint density at radius 1 is 1.22 bits per heavy atom. The van der Waals surface area contributed by atoms with Crippen molar-refractivity contribution in [2.75, 3.05) is 38.2 Å². The van der Waals surface area contributed by atoms with E-state index in [1.165, 1.54) is 12.1 Å². The number of ether oxygens (including phenoxy) is 1. The van der Waals surface area contributed by atoms with E-state index in [4.69, 9.17) is 9.15 Å². The second-order valence-electron chi connectivity index (χ2n) is 5.13. The second-order valence-corrected chi connectivity index (χ2v) is 5.13. The number of non-ortho nitro benzene ring substituents is 1. The largest absolute Gasteiger partial charge is 0.408 e. The fourth-order valence-electron chi connectivity index (χ4n) is 2.27. The number of nitro groups is 1. The first kappa shape index (κ1) is 15.4. The summed E-state index contributed by atoms with van der Waals surface area (Å²) in [5.74, 6) is 0.556. The lowest BCUT2D eigenvalue weighted by atomic mass is 10.3. The van der Waals surface area contributed by atoms with Gasteiger partial charge in [0.05, 0.1) is 18.1 Å². The number of aromatic nitrogens is 2. The molecule has 122 valence electrons. The zero-order chi connectivity index (χ0) is 16.1. The molecular weight excluding hydrogens is 302 g/mol. The van der Waals surface area contributed by atoms with E-state index in [9.17, 15) is 10.1 Å². The van der Waals surface area contributed by atoms with Gasteiger partial charge in [0.2, 0.25) is 5.89 Å². The Hall–Kier alpha value is -2.52. The molecule has 9 heteroatoms. The molecule has 0 unspecified atom stereocenters. The summed E-state index contributed by atoms with van der Waals surface area (Å²) in [6.45, 7) is 4.21. The Bertz CT molecular complexity index is 651. The maximum atomic E-state index is 10.6. The van der Waals surface area contributed by atoms with Gasteiger partial charge < -0.3 is 14.5 Å². The van der Waals surface area contributed by atoms with E-state index in [-0.39, 0.29) is 11.7 Å². The average Bonchev–Trinajstić information content (AvgIpc) is 3.02. The smallest absolute Gasteiger partial charge is 0.320 e. The Balaban J connectivity index is 1.53. The molecular formula is C14H17N5O4. The first-order valence-electron chi connectivity index (χ1n) is 7.35. The highest BCUT2D eigenvalue weighted by atomic mass is 16.6. The van der Waals surface area contributed by atoms with E-state index in [1.54, 1.807) is 12.1 Å². The van der Waals surface area contributed by atoms with E-state index in [0.29, 0.717) is 18.0 Å². The van der Waals surface area contributed by atoms with Gasteiger partial charge in [-0.3, -0.25) is 15.0 Å². The zero-order valence-electron chi connectivity index (χ0n) is 12.5. The van der Waals surface area contributed by atoms with Crippen LogP contribution in [0.15, 0.2) is 28.7 Å². The van der Waals surface area contributed by atoms with Gasteiger partial charge >= 0.3 is 6.01 Å². The Morgan fingerprint density at radius 3 is 2.65 bits per heavy atom. The number of benzene rings is 1. The summed E-state index contributed by atoms with van der Waals surface area (Å²) < 4.78 is 10.8. The van der Waals surface area contributed by atoms with Crippen LogP contribution in [-0.2, 0) is 11.2 Å². The summed E-state index contributed by atoms with van der Waals surface area (Å²) in [5.41, 5.74) is 0.686. The summed E-state index contributed by atoms with van der Waals surface area (Å²) in [7, 11) is 0. The van der Waals surface area contributed by atoms with Crippen molar-refractivity contribution in [1.82, 2.24) is 15.1 Å². The molecule has 3 rings (SSSR count). The third-order valence-corrected chi connectivity index (χ3v) is 3.54. The van der Waals surface area contributed by atoms with E-state index in [0.717, 1.165) is 32.8 Å². The molecule has 0 bridgehead atoms. The van der Waals surface area contributed by atoms with Gasteiger partial charge in [0.25, 0.3) is 5.69 Å². The molecule has 1 saturated heterocycles. The predicted octanol–water partition coefficient (Wildman–Crippen LogP) is 1.60. The van der Waals surface area contributed by atoms with Gasteiger partial charge in [0, 0.05) is 43.9 Å². The second kappa shape index (κ2) is 7.16. The third-order valence-electron chi connectivity index (χ3n) is 3.54. The molecule has 1 aliphatic heterocycles. The lowest BCUT2D eigenvalue weighted by Crippen LogP contribution is -2.37. The molecule has 0 amide bonds. The van der Waals surface area contributed by atoms with Gasteiger partial charge in [0.1, 0.15) is 0 Å². The molecule has 0 atom stereocenters. The molecule has 2 aromatic rings. The molecule has 23 heavy (non-hydrogen) atoms. The minimum atomic E-state index is -0.444. The maximum absolute atomic E-state index is 10.6. The van der Waals surface area contributed by atoms with Crippen molar-refractivity contribution in [1.29, 1.82) is 0 Å². The average molecular weight is 319 g/mol. The fourth-order valence-corrected chi connectivity index (χ4v) is 2.27. The van der Waals surface area contributed by atoms with Gasteiger partial charge in [0.15, 0.2) is 0 Å². The van der Waals surface area contributed by atoms with Gasteiger partial charge in [-0.15, -0.1) is 5.10 Å². The van der Waals surface area contributed by atoms with E-state index < -0.39 is 4.92 Å². The summed E-state index contributed by atoms with van der Waals surface area (Å²) in [6, 6.07) is 6.29. The molecule has 1 fully saturated rings. The molecule has 1 aromatic heterocycles. The van der Waals surface area contributed by atoms with Crippen molar-refractivity contribution in [3.8, 4) is 0 Å². The fraction of sp³-hybridized carbons (Fsp3) is 0.429. The Labute approximate surface area is 132 Å². The van der Waals surface area contributed by atoms with E-state index in [2.05, 4.69) is 20.4 Å². The van der Waals surface area contributed by atoms with Crippen molar-refractivity contribution in [2.45, 2.75) is 6.42 Å². The van der Waals surface area contributed by atoms with Crippen LogP contribution in [0.3, 0.4) is 0 Å². The lowest BCUT2D eigenvalue weighted by Gasteiger charge is -2.25. The summed E-state index contributed by atoms with van der Waals surface area (Å²) in [5, 5.41) is 21.5. The number of hydrogen-bond acceptors (Lipinski definition) is 8. The highest BCUT2D eigenvalue weighted by molar-refractivity contribution is 5.54. The first-order chi connectivity index (χ1) is 11.2. The van der Waals surface area contributed by atoms with Crippen LogP contribution in [0.1, 0.15) is 5.89 Å². The molecule has 0 aliphatic carbocycles. The SMILES string of the molecule is O=[N+]([O-])c1ccc(Nc2nnc(CCN3CCOCC3)o2)cc1. The van der Waals surface area contributed by atoms with Crippen LogP contribution < -0.4 is 5.32 Å². The number of nitrogens with one attached hydrogen (secondary N) is 1. The van der Waals surface area contributed by atoms with Crippen LogP contribution in [0.2, 0.25) is 0 Å². The van der Waals surface area contributed by atoms with Crippen LogP contribution >= 0.6 is 0 Å². The van der Waals surface area contributed by atoms with Crippen molar-refractivity contribution in [2.24, 2.45) is 0 Å². The quantitative estimate of drug-likeness (QED) is 0.632. The van der Waals surface area contributed by atoms with Crippen LogP contribution in [0.25, 0.3) is 0 Å². The summed E-state index contributed by atoms with van der Waals surface area (Å²) in [6.07, 6.45) is 0.676. The number of nitrogens with zero attached hydrogens (tertiary/aromatic N) is 4. The predicted molar refractivity (Wildman–Crippen MR) is 81.6 cm³/mol.